The largest absolute Gasteiger partial charge is 0.372 e. The number of rotatable bonds is 3. The van der Waals surface area contributed by atoms with Crippen molar-refractivity contribution in [3.8, 4) is 0 Å². The molecule has 1 amide bonds. The fourth-order valence-corrected chi connectivity index (χ4v) is 2.40. The Balaban J connectivity index is 2.09. The van der Waals surface area contributed by atoms with Crippen molar-refractivity contribution in [2.45, 2.75) is 38.1 Å². The molecule has 0 aromatic carbocycles. The van der Waals surface area contributed by atoms with Gasteiger partial charge in [-0.25, -0.2) is 4.98 Å². The van der Waals surface area contributed by atoms with E-state index in [4.69, 9.17) is 0 Å². The van der Waals surface area contributed by atoms with Crippen molar-refractivity contribution < 1.29 is 4.79 Å². The smallest absolute Gasteiger partial charge is 0.274 e. The first kappa shape index (κ1) is 12.8. The third-order valence-electron chi connectivity index (χ3n) is 3.55. The molecule has 2 rings (SSSR count). The van der Waals surface area contributed by atoms with Crippen LogP contribution in [0.4, 0.5) is 5.82 Å². The van der Waals surface area contributed by atoms with E-state index >= 15 is 0 Å². The molecule has 5 heteroatoms. The van der Waals surface area contributed by atoms with Gasteiger partial charge in [-0.2, -0.15) is 0 Å². The second kappa shape index (κ2) is 5.80. The van der Waals surface area contributed by atoms with Gasteiger partial charge in [0.2, 0.25) is 0 Å². The van der Waals surface area contributed by atoms with E-state index in [1.54, 1.807) is 13.2 Å². The Bertz CT molecular complexity index is 415. The third-order valence-corrected chi connectivity index (χ3v) is 3.55. The monoisotopic (exact) mass is 248 g/mol. The number of amides is 1. The highest BCUT2D eigenvalue weighted by molar-refractivity contribution is 5.92. The predicted molar refractivity (Wildman–Crippen MR) is 70.5 cm³/mol. The number of carbonyl (C=O) groups is 1. The molecule has 1 heterocycles. The summed E-state index contributed by atoms with van der Waals surface area (Å²) in [5.41, 5.74) is 0.412. The number of carbonyl (C=O) groups excluding carboxylic acids is 1. The first-order valence-electron chi connectivity index (χ1n) is 6.49. The van der Waals surface area contributed by atoms with Gasteiger partial charge in [-0.05, 0) is 12.8 Å². The minimum absolute atomic E-state index is 0.0356. The van der Waals surface area contributed by atoms with E-state index in [2.05, 4.69) is 15.3 Å². The Morgan fingerprint density at radius 2 is 2.06 bits per heavy atom. The van der Waals surface area contributed by atoms with Crippen LogP contribution in [0.3, 0.4) is 0 Å². The van der Waals surface area contributed by atoms with Crippen LogP contribution in [-0.4, -0.2) is 40.9 Å². The molecule has 1 aliphatic rings. The first-order valence-corrected chi connectivity index (χ1v) is 6.49. The standard InChI is InChI=1S/C13H20N4O/c1-14-12-9-15-8-11(16-12)13(18)17(2)10-6-4-3-5-7-10/h8-10H,3-7H2,1-2H3,(H,14,16). The van der Waals surface area contributed by atoms with Gasteiger partial charge < -0.3 is 10.2 Å². The summed E-state index contributed by atoms with van der Waals surface area (Å²) < 4.78 is 0. The van der Waals surface area contributed by atoms with Gasteiger partial charge in [-0.1, -0.05) is 19.3 Å². The second-order valence-corrected chi connectivity index (χ2v) is 4.75. The summed E-state index contributed by atoms with van der Waals surface area (Å²) in [5.74, 6) is 0.587. The lowest BCUT2D eigenvalue weighted by molar-refractivity contribution is 0.0690. The Labute approximate surface area is 108 Å². The maximum absolute atomic E-state index is 12.3. The molecule has 0 bridgehead atoms. The SMILES string of the molecule is CNc1cncc(C(=O)N(C)C2CCCCC2)n1. The number of nitrogens with one attached hydrogen (secondary N) is 1. The van der Waals surface area contributed by atoms with Crippen molar-refractivity contribution in [3.05, 3.63) is 18.1 Å². The van der Waals surface area contributed by atoms with Crippen molar-refractivity contribution in [3.63, 3.8) is 0 Å². The molecule has 1 saturated carbocycles. The number of nitrogens with zero attached hydrogens (tertiary/aromatic N) is 3. The van der Waals surface area contributed by atoms with Crippen LogP contribution in [0.2, 0.25) is 0 Å². The van der Waals surface area contributed by atoms with E-state index in [1.165, 1.54) is 25.5 Å². The quantitative estimate of drug-likeness (QED) is 0.888. The number of anilines is 1. The predicted octanol–water partition coefficient (Wildman–Crippen LogP) is 1.92. The fourth-order valence-electron chi connectivity index (χ4n) is 2.40. The molecule has 1 aromatic rings. The van der Waals surface area contributed by atoms with Crippen LogP contribution in [0.1, 0.15) is 42.6 Å². The summed E-state index contributed by atoms with van der Waals surface area (Å²) in [6.45, 7) is 0. The van der Waals surface area contributed by atoms with Crippen molar-refractivity contribution in [2.75, 3.05) is 19.4 Å². The molecule has 1 aromatic heterocycles. The fraction of sp³-hybridized carbons (Fsp3) is 0.615. The highest BCUT2D eigenvalue weighted by atomic mass is 16.2. The van der Waals surface area contributed by atoms with Gasteiger partial charge in [-0.3, -0.25) is 9.78 Å². The molecular formula is C13H20N4O. The van der Waals surface area contributed by atoms with Gasteiger partial charge in [0.25, 0.3) is 5.91 Å². The zero-order valence-electron chi connectivity index (χ0n) is 11.0. The topological polar surface area (TPSA) is 58.1 Å². The maximum atomic E-state index is 12.3. The lowest BCUT2D eigenvalue weighted by atomic mass is 9.94. The van der Waals surface area contributed by atoms with Crippen LogP contribution in [0.15, 0.2) is 12.4 Å². The van der Waals surface area contributed by atoms with E-state index in [-0.39, 0.29) is 5.91 Å². The zero-order chi connectivity index (χ0) is 13.0. The van der Waals surface area contributed by atoms with Crippen LogP contribution in [-0.2, 0) is 0 Å². The molecule has 18 heavy (non-hydrogen) atoms. The van der Waals surface area contributed by atoms with Crippen LogP contribution >= 0.6 is 0 Å². The van der Waals surface area contributed by atoms with Gasteiger partial charge >= 0.3 is 0 Å². The van der Waals surface area contributed by atoms with E-state index in [1.807, 2.05) is 11.9 Å². The molecule has 98 valence electrons. The normalized spacial score (nSPS) is 16.3. The van der Waals surface area contributed by atoms with Crippen LogP contribution < -0.4 is 5.32 Å². The highest BCUT2D eigenvalue weighted by Crippen LogP contribution is 2.22. The van der Waals surface area contributed by atoms with E-state index in [9.17, 15) is 4.79 Å². The first-order chi connectivity index (χ1) is 8.72. The van der Waals surface area contributed by atoms with Crippen LogP contribution in [0.25, 0.3) is 0 Å². The van der Waals surface area contributed by atoms with Crippen molar-refractivity contribution in [1.29, 1.82) is 0 Å². The zero-order valence-corrected chi connectivity index (χ0v) is 11.0. The molecule has 5 nitrogen and oxygen atoms in total. The van der Waals surface area contributed by atoms with Gasteiger partial charge in [0.1, 0.15) is 11.5 Å². The third kappa shape index (κ3) is 2.78. The molecule has 0 spiro atoms. The molecule has 0 aliphatic heterocycles. The number of hydrogen-bond donors (Lipinski definition) is 1. The summed E-state index contributed by atoms with van der Waals surface area (Å²) in [5, 5.41) is 2.90. The summed E-state index contributed by atoms with van der Waals surface area (Å²) in [6, 6.07) is 0.353. The highest BCUT2D eigenvalue weighted by Gasteiger charge is 2.23. The Morgan fingerprint density at radius 3 is 2.72 bits per heavy atom. The number of aromatic nitrogens is 2. The maximum Gasteiger partial charge on any atom is 0.274 e. The molecule has 0 unspecified atom stereocenters. The molecule has 1 aliphatic carbocycles. The van der Waals surface area contributed by atoms with Crippen molar-refractivity contribution in [2.24, 2.45) is 0 Å². The van der Waals surface area contributed by atoms with Crippen molar-refractivity contribution >= 4 is 11.7 Å². The average molecular weight is 248 g/mol. The minimum atomic E-state index is -0.0356. The molecule has 0 radical (unpaired) electrons. The van der Waals surface area contributed by atoms with E-state index < -0.39 is 0 Å². The molecular weight excluding hydrogens is 228 g/mol. The van der Waals surface area contributed by atoms with Crippen molar-refractivity contribution in [1.82, 2.24) is 14.9 Å². The van der Waals surface area contributed by atoms with E-state index in [0.717, 1.165) is 12.8 Å². The molecule has 1 N–H and O–H groups in total. The second-order valence-electron chi connectivity index (χ2n) is 4.75. The van der Waals surface area contributed by atoms with Crippen LogP contribution in [0.5, 0.6) is 0 Å². The van der Waals surface area contributed by atoms with Gasteiger partial charge in [0, 0.05) is 20.1 Å². The van der Waals surface area contributed by atoms with E-state index in [0.29, 0.717) is 17.6 Å². The summed E-state index contributed by atoms with van der Waals surface area (Å²) in [7, 11) is 3.63. The summed E-state index contributed by atoms with van der Waals surface area (Å²) in [4.78, 5) is 22.4. The Morgan fingerprint density at radius 1 is 1.33 bits per heavy atom. The van der Waals surface area contributed by atoms with Gasteiger partial charge in [-0.15, -0.1) is 0 Å². The Kier molecular flexibility index (Phi) is 4.12. The summed E-state index contributed by atoms with van der Waals surface area (Å²) in [6.07, 6.45) is 9.05. The average Bonchev–Trinajstić information content (AvgIpc) is 2.46. The molecule has 0 saturated heterocycles. The lowest BCUT2D eigenvalue weighted by Gasteiger charge is -2.30. The van der Waals surface area contributed by atoms with Gasteiger partial charge in [0.05, 0.1) is 12.4 Å². The molecule has 1 fully saturated rings. The van der Waals surface area contributed by atoms with Crippen LogP contribution in [0, 0.1) is 0 Å². The lowest BCUT2D eigenvalue weighted by Crippen LogP contribution is -2.38. The number of hydrogen-bond acceptors (Lipinski definition) is 4. The Hall–Kier alpha value is -1.65. The van der Waals surface area contributed by atoms with Gasteiger partial charge in [0.15, 0.2) is 0 Å². The summed E-state index contributed by atoms with van der Waals surface area (Å²) >= 11 is 0. The minimum Gasteiger partial charge on any atom is -0.372 e. The molecule has 0 atom stereocenters.